The highest BCUT2D eigenvalue weighted by Crippen LogP contribution is 2.47. The Morgan fingerprint density at radius 1 is 1.25 bits per heavy atom. The summed E-state index contributed by atoms with van der Waals surface area (Å²) in [6.07, 6.45) is 1.39. The number of likely N-dealkylation sites (N-methyl/N-ethyl adjacent to an activating group) is 1. The van der Waals surface area contributed by atoms with E-state index >= 15 is 4.39 Å². The van der Waals surface area contributed by atoms with Gasteiger partial charge < -0.3 is 19.8 Å². The monoisotopic (exact) mass is 512 g/mol. The second-order valence-electron chi connectivity index (χ2n) is 9.22. The molecule has 10 heteroatoms. The van der Waals surface area contributed by atoms with Crippen LogP contribution in [0.2, 0.25) is 5.02 Å². The minimum atomic E-state index is -0.888. The second-order valence-corrected chi connectivity index (χ2v) is 9.63. The third-order valence-electron chi connectivity index (χ3n) is 6.88. The number of amides is 2. The van der Waals surface area contributed by atoms with Crippen molar-refractivity contribution in [2.24, 2.45) is 0 Å². The zero-order valence-electron chi connectivity index (χ0n) is 19.8. The van der Waals surface area contributed by atoms with Gasteiger partial charge in [0, 0.05) is 36.2 Å². The molecule has 1 N–H and O–H groups in total. The van der Waals surface area contributed by atoms with Crippen molar-refractivity contribution >= 4 is 45.7 Å². The summed E-state index contributed by atoms with van der Waals surface area (Å²) in [4.78, 5) is 35.1. The second kappa shape index (κ2) is 8.44. The molecule has 3 heterocycles. The molecule has 0 saturated carbocycles. The lowest BCUT2D eigenvalue weighted by molar-refractivity contribution is -0.131. The highest BCUT2D eigenvalue weighted by atomic mass is 35.5. The molecule has 5 rings (SSSR count). The van der Waals surface area contributed by atoms with Crippen molar-refractivity contribution in [3.63, 3.8) is 0 Å². The normalized spacial score (nSPS) is 19.4. The molecule has 2 aliphatic rings. The van der Waals surface area contributed by atoms with Crippen molar-refractivity contribution in [3.05, 3.63) is 59.3 Å². The van der Waals surface area contributed by atoms with Crippen LogP contribution in [0.15, 0.2) is 42.6 Å². The highest BCUT2D eigenvalue weighted by Gasteiger charge is 2.45. The number of halogens is 3. The van der Waals surface area contributed by atoms with E-state index in [2.05, 4.69) is 11.6 Å². The lowest BCUT2D eigenvalue weighted by Gasteiger charge is -2.50. The quantitative estimate of drug-likeness (QED) is 0.512. The lowest BCUT2D eigenvalue weighted by atomic mass is 9.96. The van der Waals surface area contributed by atoms with E-state index in [4.69, 9.17) is 11.6 Å². The standard InChI is InChI=1S/C26H23ClF2N4O3/c1-12(2)25(35)32-11-18-26(36)31(4)17-9-30-23-14(24(17)33(18)10-13(32)3)8-15(27)20(22(23)29)21-16(28)6-5-7-19(21)34/h5-9,13,18,34H,1,10-11H2,2-4H3/t13-,18-/m1/s1. The van der Waals surface area contributed by atoms with E-state index < -0.39 is 23.4 Å². The zero-order valence-corrected chi connectivity index (χ0v) is 20.6. The number of phenolic OH excluding ortho intramolecular Hbond substituents is 1. The maximum absolute atomic E-state index is 15.9. The van der Waals surface area contributed by atoms with Crippen molar-refractivity contribution in [2.45, 2.75) is 25.9 Å². The predicted molar refractivity (Wildman–Crippen MR) is 134 cm³/mol. The molecule has 2 atom stereocenters. The fraction of sp³-hybridized carbons (Fsp3) is 0.269. The van der Waals surface area contributed by atoms with E-state index in [9.17, 15) is 19.1 Å². The van der Waals surface area contributed by atoms with Gasteiger partial charge in [0.05, 0.1) is 34.7 Å². The van der Waals surface area contributed by atoms with Gasteiger partial charge in [-0.3, -0.25) is 14.6 Å². The Balaban J connectivity index is 1.72. The molecular formula is C26H23ClF2N4O3. The largest absolute Gasteiger partial charge is 0.507 e. The Kier molecular flexibility index (Phi) is 5.63. The van der Waals surface area contributed by atoms with Gasteiger partial charge in [-0.1, -0.05) is 24.2 Å². The number of phenols is 1. The van der Waals surface area contributed by atoms with Gasteiger partial charge in [-0.15, -0.1) is 0 Å². The number of rotatable bonds is 2. The summed E-state index contributed by atoms with van der Waals surface area (Å²) in [5.74, 6) is -2.63. The van der Waals surface area contributed by atoms with Crippen molar-refractivity contribution in [3.8, 4) is 16.9 Å². The van der Waals surface area contributed by atoms with E-state index in [-0.39, 0.29) is 46.1 Å². The summed E-state index contributed by atoms with van der Waals surface area (Å²) in [6.45, 7) is 7.68. The summed E-state index contributed by atoms with van der Waals surface area (Å²) in [5, 5.41) is 10.5. The molecule has 2 aromatic carbocycles. The Morgan fingerprint density at radius 3 is 2.64 bits per heavy atom. The number of hydrogen-bond acceptors (Lipinski definition) is 5. The number of pyridine rings is 1. The molecule has 0 unspecified atom stereocenters. The van der Waals surface area contributed by atoms with Gasteiger partial charge in [-0.05, 0) is 32.0 Å². The van der Waals surface area contributed by atoms with Crippen molar-refractivity contribution < 1.29 is 23.5 Å². The third kappa shape index (κ3) is 3.41. The van der Waals surface area contributed by atoms with E-state index in [0.29, 0.717) is 28.9 Å². The summed E-state index contributed by atoms with van der Waals surface area (Å²) < 4.78 is 30.5. The summed E-state index contributed by atoms with van der Waals surface area (Å²) in [6, 6.07) is 4.17. The van der Waals surface area contributed by atoms with Gasteiger partial charge in [0.25, 0.3) is 5.91 Å². The molecule has 1 fully saturated rings. The Morgan fingerprint density at radius 2 is 1.97 bits per heavy atom. The van der Waals surface area contributed by atoms with Gasteiger partial charge in [0.15, 0.2) is 5.82 Å². The average molecular weight is 513 g/mol. The van der Waals surface area contributed by atoms with Crippen LogP contribution in [-0.2, 0) is 9.59 Å². The topological polar surface area (TPSA) is 77.0 Å². The zero-order chi connectivity index (χ0) is 26.0. The number of carbonyl (C=O) groups is 2. The fourth-order valence-electron chi connectivity index (χ4n) is 5.08. The van der Waals surface area contributed by atoms with Crippen LogP contribution in [0.5, 0.6) is 5.75 Å². The summed E-state index contributed by atoms with van der Waals surface area (Å²) in [5.41, 5.74) is 0.658. The number of hydrogen-bond donors (Lipinski definition) is 1. The first-order valence-corrected chi connectivity index (χ1v) is 11.7. The first-order valence-electron chi connectivity index (χ1n) is 11.3. The number of anilines is 2. The van der Waals surface area contributed by atoms with Gasteiger partial charge in [-0.2, -0.15) is 0 Å². The van der Waals surface area contributed by atoms with Crippen molar-refractivity contribution in [2.75, 3.05) is 29.9 Å². The van der Waals surface area contributed by atoms with Crippen LogP contribution in [0, 0.1) is 11.6 Å². The molecule has 2 amide bonds. The number of nitrogens with zero attached hydrogens (tertiary/aromatic N) is 4. The van der Waals surface area contributed by atoms with E-state index in [1.165, 1.54) is 29.3 Å². The van der Waals surface area contributed by atoms with E-state index in [1.54, 1.807) is 18.9 Å². The summed E-state index contributed by atoms with van der Waals surface area (Å²) >= 11 is 6.49. The SMILES string of the molecule is C=C(C)C(=O)N1C[C@@H]2C(=O)N(C)c3cnc4c(F)c(-c5c(O)cccc5F)c(Cl)cc4c3N2C[C@H]1C. The molecule has 1 aromatic heterocycles. The molecule has 1 saturated heterocycles. The third-order valence-corrected chi connectivity index (χ3v) is 7.17. The first-order chi connectivity index (χ1) is 17.0. The molecule has 36 heavy (non-hydrogen) atoms. The van der Waals surface area contributed by atoms with Gasteiger partial charge in [0.2, 0.25) is 5.91 Å². The van der Waals surface area contributed by atoms with Crippen LogP contribution in [0.3, 0.4) is 0 Å². The predicted octanol–water partition coefficient (Wildman–Crippen LogP) is 4.50. The molecule has 7 nitrogen and oxygen atoms in total. The first kappa shape index (κ1) is 24.0. The number of benzene rings is 2. The number of piperazine rings is 1. The molecule has 0 aliphatic carbocycles. The van der Waals surface area contributed by atoms with Crippen LogP contribution in [0.25, 0.3) is 22.0 Å². The molecule has 186 valence electrons. The molecule has 0 bridgehead atoms. The summed E-state index contributed by atoms with van der Waals surface area (Å²) in [7, 11) is 1.60. The van der Waals surface area contributed by atoms with Crippen LogP contribution in [0.1, 0.15) is 13.8 Å². The number of aromatic hydroxyl groups is 1. The van der Waals surface area contributed by atoms with Gasteiger partial charge in [-0.25, -0.2) is 8.78 Å². The minimum absolute atomic E-state index is 0.0783. The van der Waals surface area contributed by atoms with Crippen LogP contribution in [-0.4, -0.2) is 59.0 Å². The molecule has 2 aliphatic heterocycles. The van der Waals surface area contributed by atoms with E-state index in [0.717, 1.165) is 6.07 Å². The van der Waals surface area contributed by atoms with E-state index in [1.807, 2.05) is 11.8 Å². The Bertz CT molecular complexity index is 1460. The lowest BCUT2D eigenvalue weighted by Crippen LogP contribution is -2.65. The number of carbonyl (C=O) groups excluding carboxylic acids is 2. The maximum atomic E-state index is 15.9. The Labute approximate surface area is 211 Å². The molecular weight excluding hydrogens is 490 g/mol. The minimum Gasteiger partial charge on any atom is -0.507 e. The highest BCUT2D eigenvalue weighted by molar-refractivity contribution is 6.34. The number of aromatic nitrogens is 1. The average Bonchev–Trinajstić information content (AvgIpc) is 2.83. The molecule has 3 aromatic rings. The van der Waals surface area contributed by atoms with Crippen LogP contribution in [0.4, 0.5) is 20.2 Å². The molecule has 0 radical (unpaired) electrons. The Hall–Kier alpha value is -3.72. The fourth-order valence-corrected chi connectivity index (χ4v) is 5.37. The number of fused-ring (bicyclic) bond motifs is 5. The maximum Gasteiger partial charge on any atom is 0.251 e. The van der Waals surface area contributed by atoms with Gasteiger partial charge in [0.1, 0.15) is 23.1 Å². The molecule has 0 spiro atoms. The smallest absolute Gasteiger partial charge is 0.251 e. The van der Waals surface area contributed by atoms with Crippen LogP contribution < -0.4 is 9.80 Å². The van der Waals surface area contributed by atoms with Crippen LogP contribution >= 0.6 is 11.6 Å². The van der Waals surface area contributed by atoms with Crippen molar-refractivity contribution in [1.82, 2.24) is 9.88 Å². The van der Waals surface area contributed by atoms with Crippen molar-refractivity contribution in [1.29, 1.82) is 0 Å². The van der Waals surface area contributed by atoms with Gasteiger partial charge >= 0.3 is 0 Å².